The number of nitrogens with zero attached hydrogens (tertiary/aromatic N) is 1. The summed E-state index contributed by atoms with van der Waals surface area (Å²) < 4.78 is 0. The van der Waals surface area contributed by atoms with Crippen molar-refractivity contribution in [2.75, 3.05) is 6.54 Å². The summed E-state index contributed by atoms with van der Waals surface area (Å²) >= 11 is 0. The molecule has 0 aromatic rings. The molecule has 60 valence electrons. The smallest absolute Gasteiger partial charge is 0.0215 e. The molecule has 0 aromatic carbocycles. The summed E-state index contributed by atoms with van der Waals surface area (Å²) in [6.07, 6.45) is 3.89. The molecule has 1 rings (SSSR count). The lowest BCUT2D eigenvalue weighted by atomic mass is 9.91. The van der Waals surface area contributed by atoms with Crippen LogP contribution in [0.1, 0.15) is 33.1 Å². The Morgan fingerprint density at radius 3 is 2.80 bits per heavy atom. The molecule has 2 heteroatoms. The minimum atomic E-state index is 0.596. The number of piperidine rings is 1. The van der Waals surface area contributed by atoms with Gasteiger partial charge in [-0.05, 0) is 25.7 Å². The molecule has 2 N–H and O–H groups in total. The number of rotatable bonds is 1. The Labute approximate surface area is 63.4 Å². The first-order valence-corrected chi connectivity index (χ1v) is 4.25. The van der Waals surface area contributed by atoms with E-state index in [1.807, 2.05) is 5.01 Å². The molecule has 10 heavy (non-hydrogen) atoms. The van der Waals surface area contributed by atoms with Crippen molar-refractivity contribution in [1.29, 1.82) is 0 Å². The monoisotopic (exact) mass is 142 g/mol. The maximum Gasteiger partial charge on any atom is 0.0215 e. The summed E-state index contributed by atoms with van der Waals surface area (Å²) in [4.78, 5) is 0. The van der Waals surface area contributed by atoms with Gasteiger partial charge in [0.1, 0.15) is 0 Å². The molecule has 0 spiro atoms. The summed E-state index contributed by atoms with van der Waals surface area (Å²) in [5.41, 5.74) is 0. The van der Waals surface area contributed by atoms with Crippen molar-refractivity contribution in [1.82, 2.24) is 5.01 Å². The molecule has 2 atom stereocenters. The van der Waals surface area contributed by atoms with Gasteiger partial charge in [0.25, 0.3) is 0 Å². The lowest BCUT2D eigenvalue weighted by Crippen LogP contribution is -2.45. The Balaban J connectivity index is 2.33. The van der Waals surface area contributed by atoms with Crippen LogP contribution in [-0.4, -0.2) is 17.6 Å². The zero-order valence-electron chi connectivity index (χ0n) is 7.01. The zero-order valence-corrected chi connectivity index (χ0v) is 7.01. The fraction of sp³-hybridized carbons (Fsp3) is 1.00. The van der Waals surface area contributed by atoms with Crippen LogP contribution in [0.15, 0.2) is 0 Å². The van der Waals surface area contributed by atoms with Crippen molar-refractivity contribution in [3.63, 3.8) is 0 Å². The molecule has 1 aliphatic heterocycles. The van der Waals surface area contributed by atoms with E-state index in [4.69, 9.17) is 5.84 Å². The molecule has 0 radical (unpaired) electrons. The Morgan fingerprint density at radius 1 is 1.60 bits per heavy atom. The normalized spacial score (nSPS) is 36.3. The molecule has 2 nitrogen and oxygen atoms in total. The number of nitrogens with two attached hydrogens (primary N) is 1. The van der Waals surface area contributed by atoms with Crippen molar-refractivity contribution in [2.45, 2.75) is 39.2 Å². The van der Waals surface area contributed by atoms with Crippen LogP contribution in [0.3, 0.4) is 0 Å². The van der Waals surface area contributed by atoms with Crippen LogP contribution in [-0.2, 0) is 0 Å². The molecule has 0 amide bonds. The van der Waals surface area contributed by atoms with E-state index >= 15 is 0 Å². The van der Waals surface area contributed by atoms with Gasteiger partial charge in [-0.2, -0.15) is 0 Å². The molecular weight excluding hydrogens is 124 g/mol. The average molecular weight is 142 g/mol. The maximum atomic E-state index is 5.73. The molecule has 1 heterocycles. The largest absolute Gasteiger partial charge is 0.269 e. The molecule has 0 saturated carbocycles. The Bertz CT molecular complexity index is 103. The molecule has 0 aromatic heterocycles. The van der Waals surface area contributed by atoms with Crippen molar-refractivity contribution in [3.05, 3.63) is 0 Å². The predicted octanol–water partition coefficient (Wildman–Crippen LogP) is 1.37. The average Bonchev–Trinajstić information content (AvgIpc) is 1.95. The lowest BCUT2D eigenvalue weighted by molar-refractivity contribution is 0.123. The fourth-order valence-corrected chi connectivity index (χ4v) is 1.66. The Morgan fingerprint density at radius 2 is 2.30 bits per heavy atom. The van der Waals surface area contributed by atoms with Gasteiger partial charge in [0.05, 0.1) is 0 Å². The van der Waals surface area contributed by atoms with Gasteiger partial charge in [-0.25, -0.2) is 5.01 Å². The standard InChI is InChI=1S/C8H18N2/c1-3-8-4-5-10(9)7(2)6-8/h7-8H,3-6,9H2,1-2H3. The van der Waals surface area contributed by atoms with Gasteiger partial charge in [0.2, 0.25) is 0 Å². The predicted molar refractivity (Wildman–Crippen MR) is 43.4 cm³/mol. The first-order valence-electron chi connectivity index (χ1n) is 4.25. The van der Waals surface area contributed by atoms with Crippen molar-refractivity contribution >= 4 is 0 Å². The third-order valence-electron chi connectivity index (χ3n) is 2.61. The summed E-state index contributed by atoms with van der Waals surface area (Å²) in [7, 11) is 0. The van der Waals surface area contributed by atoms with Crippen LogP contribution in [0.5, 0.6) is 0 Å². The molecule has 0 aliphatic carbocycles. The zero-order chi connectivity index (χ0) is 7.56. The van der Waals surface area contributed by atoms with Crippen molar-refractivity contribution in [3.8, 4) is 0 Å². The van der Waals surface area contributed by atoms with Crippen molar-refractivity contribution in [2.24, 2.45) is 11.8 Å². The van der Waals surface area contributed by atoms with Crippen LogP contribution >= 0.6 is 0 Å². The topological polar surface area (TPSA) is 29.3 Å². The van der Waals surface area contributed by atoms with Gasteiger partial charge in [0, 0.05) is 12.6 Å². The Kier molecular flexibility index (Phi) is 2.69. The minimum Gasteiger partial charge on any atom is -0.269 e. The lowest BCUT2D eigenvalue weighted by Gasteiger charge is -2.33. The number of hydrogen-bond donors (Lipinski definition) is 1. The molecule has 1 saturated heterocycles. The van der Waals surface area contributed by atoms with Crippen LogP contribution < -0.4 is 5.84 Å². The summed E-state index contributed by atoms with van der Waals surface area (Å²) in [6, 6.07) is 0.596. The van der Waals surface area contributed by atoms with Crippen LogP contribution in [0.2, 0.25) is 0 Å². The fourth-order valence-electron chi connectivity index (χ4n) is 1.66. The van der Waals surface area contributed by atoms with E-state index in [9.17, 15) is 0 Å². The third kappa shape index (κ3) is 1.70. The minimum absolute atomic E-state index is 0.596. The third-order valence-corrected chi connectivity index (χ3v) is 2.61. The van der Waals surface area contributed by atoms with Crippen molar-refractivity contribution < 1.29 is 0 Å². The van der Waals surface area contributed by atoms with Gasteiger partial charge in [-0.1, -0.05) is 13.3 Å². The second-order valence-electron chi connectivity index (χ2n) is 3.39. The summed E-state index contributed by atoms with van der Waals surface area (Å²) in [6.45, 7) is 5.56. The first kappa shape index (κ1) is 8.02. The van der Waals surface area contributed by atoms with Gasteiger partial charge >= 0.3 is 0 Å². The first-order chi connectivity index (χ1) is 4.74. The molecular formula is C8H18N2. The summed E-state index contributed by atoms with van der Waals surface area (Å²) in [5, 5.41) is 1.96. The van der Waals surface area contributed by atoms with Gasteiger partial charge in [0.15, 0.2) is 0 Å². The highest BCUT2D eigenvalue weighted by Gasteiger charge is 2.21. The maximum absolute atomic E-state index is 5.73. The highest BCUT2D eigenvalue weighted by atomic mass is 15.4. The van der Waals surface area contributed by atoms with E-state index in [2.05, 4.69) is 13.8 Å². The Hall–Kier alpha value is -0.0800. The quantitative estimate of drug-likeness (QED) is 0.560. The van der Waals surface area contributed by atoms with E-state index in [0.717, 1.165) is 12.5 Å². The van der Waals surface area contributed by atoms with E-state index in [0.29, 0.717) is 6.04 Å². The second kappa shape index (κ2) is 3.35. The summed E-state index contributed by atoms with van der Waals surface area (Å²) in [5.74, 6) is 6.65. The second-order valence-corrected chi connectivity index (χ2v) is 3.39. The van der Waals surface area contributed by atoms with Gasteiger partial charge in [-0.3, -0.25) is 5.84 Å². The SMILES string of the molecule is CCC1CCN(N)C(C)C1. The highest BCUT2D eigenvalue weighted by molar-refractivity contribution is 4.74. The van der Waals surface area contributed by atoms with E-state index in [1.54, 1.807) is 0 Å². The van der Waals surface area contributed by atoms with Crippen LogP contribution in [0, 0.1) is 5.92 Å². The number of hydrazine groups is 1. The van der Waals surface area contributed by atoms with E-state index in [1.165, 1.54) is 19.3 Å². The molecule has 2 unspecified atom stereocenters. The molecule has 1 fully saturated rings. The van der Waals surface area contributed by atoms with Crippen LogP contribution in [0.4, 0.5) is 0 Å². The van der Waals surface area contributed by atoms with Crippen LogP contribution in [0.25, 0.3) is 0 Å². The van der Waals surface area contributed by atoms with Gasteiger partial charge < -0.3 is 0 Å². The highest BCUT2D eigenvalue weighted by Crippen LogP contribution is 2.22. The number of hydrogen-bond acceptors (Lipinski definition) is 2. The molecule has 1 aliphatic rings. The van der Waals surface area contributed by atoms with Gasteiger partial charge in [-0.15, -0.1) is 0 Å². The van der Waals surface area contributed by atoms with E-state index < -0.39 is 0 Å². The molecule has 0 bridgehead atoms. The van der Waals surface area contributed by atoms with E-state index in [-0.39, 0.29) is 0 Å².